The molecule has 4 nitrogen and oxygen atoms in total. The summed E-state index contributed by atoms with van der Waals surface area (Å²) in [6.07, 6.45) is 0.860. The first-order valence-corrected chi connectivity index (χ1v) is 8.82. The summed E-state index contributed by atoms with van der Waals surface area (Å²) in [6.45, 7) is 5.15. The van der Waals surface area contributed by atoms with Crippen LogP contribution in [-0.4, -0.2) is 18.3 Å². The predicted molar refractivity (Wildman–Crippen MR) is 93.0 cm³/mol. The number of fused-ring (bicyclic) bond motifs is 1. The number of nitrogens with zero attached hydrogens (tertiary/aromatic N) is 2. The molecule has 0 spiro atoms. The van der Waals surface area contributed by atoms with Gasteiger partial charge in [-0.25, -0.2) is 9.19 Å². The summed E-state index contributed by atoms with van der Waals surface area (Å²) >= 11 is -1.91. The van der Waals surface area contributed by atoms with Gasteiger partial charge in [0, 0.05) is 12.5 Å². The minimum atomic E-state index is -1.91. The van der Waals surface area contributed by atoms with Crippen molar-refractivity contribution in [2.24, 2.45) is 0 Å². The summed E-state index contributed by atoms with van der Waals surface area (Å²) in [5.41, 5.74) is 3.33. The number of rotatable bonds is 5. The van der Waals surface area contributed by atoms with E-state index in [0.29, 0.717) is 10.8 Å². The summed E-state index contributed by atoms with van der Waals surface area (Å²) in [5, 5.41) is 0. The molecule has 0 fully saturated rings. The number of aryl methyl sites for hydroxylation is 2. The first-order valence-electron chi connectivity index (χ1n) is 7.71. The first-order chi connectivity index (χ1) is 11.1. The lowest BCUT2D eigenvalue weighted by Gasteiger charge is -2.11. The molecule has 1 atom stereocenters. The van der Waals surface area contributed by atoms with E-state index in [0.717, 1.165) is 35.4 Å². The van der Waals surface area contributed by atoms with E-state index >= 15 is 0 Å². The van der Waals surface area contributed by atoms with Crippen LogP contribution in [0.25, 0.3) is 11.0 Å². The van der Waals surface area contributed by atoms with E-state index in [4.69, 9.17) is 9.54 Å². The number of imidazole rings is 1. The maximum atomic E-state index is 11.0. The normalized spacial score (nSPS) is 12.9. The molecule has 3 aromatic rings. The van der Waals surface area contributed by atoms with Crippen molar-refractivity contribution in [1.29, 1.82) is 0 Å². The Hall–Kier alpha value is -1.98. The second kappa shape index (κ2) is 6.64. The van der Waals surface area contributed by atoms with Crippen molar-refractivity contribution in [3.63, 3.8) is 0 Å². The van der Waals surface area contributed by atoms with E-state index in [1.54, 1.807) is 12.1 Å². The molecule has 1 aromatic heterocycles. The van der Waals surface area contributed by atoms with Crippen LogP contribution in [-0.2, 0) is 24.0 Å². The molecule has 1 heterocycles. The molecular weight excluding hydrogens is 308 g/mol. The number of para-hydroxylation sites is 2. The van der Waals surface area contributed by atoms with Gasteiger partial charge in [0.1, 0.15) is 5.82 Å². The summed E-state index contributed by atoms with van der Waals surface area (Å²) < 4.78 is 22.4. The van der Waals surface area contributed by atoms with Crippen LogP contribution in [0.4, 0.5) is 0 Å². The topological polar surface area (TPSA) is 55.1 Å². The zero-order valence-corrected chi connectivity index (χ0v) is 14.1. The Kier molecular flexibility index (Phi) is 4.59. The molecule has 5 heteroatoms. The van der Waals surface area contributed by atoms with Crippen LogP contribution in [0.2, 0.25) is 0 Å². The Labute approximate surface area is 138 Å². The Morgan fingerprint density at radius 3 is 2.48 bits per heavy atom. The van der Waals surface area contributed by atoms with Gasteiger partial charge in [0.25, 0.3) is 0 Å². The van der Waals surface area contributed by atoms with Crippen LogP contribution < -0.4 is 0 Å². The van der Waals surface area contributed by atoms with Gasteiger partial charge < -0.3 is 9.12 Å². The lowest BCUT2D eigenvalue weighted by Crippen LogP contribution is -2.07. The lowest BCUT2D eigenvalue weighted by atomic mass is 10.1. The van der Waals surface area contributed by atoms with Gasteiger partial charge in [-0.1, -0.05) is 38.1 Å². The van der Waals surface area contributed by atoms with Gasteiger partial charge >= 0.3 is 0 Å². The number of benzene rings is 2. The van der Waals surface area contributed by atoms with Crippen LogP contribution in [0.3, 0.4) is 0 Å². The fourth-order valence-electron chi connectivity index (χ4n) is 2.78. The zero-order chi connectivity index (χ0) is 16.4. The molecule has 23 heavy (non-hydrogen) atoms. The Morgan fingerprint density at radius 1 is 1.13 bits per heavy atom. The van der Waals surface area contributed by atoms with E-state index in [1.807, 2.05) is 30.3 Å². The van der Waals surface area contributed by atoms with Crippen LogP contribution in [0, 0.1) is 0 Å². The second-order valence-corrected chi connectivity index (χ2v) is 6.88. The summed E-state index contributed by atoms with van der Waals surface area (Å²) in [6, 6.07) is 15.4. The van der Waals surface area contributed by atoms with E-state index in [-0.39, 0.29) is 0 Å². The van der Waals surface area contributed by atoms with Crippen LogP contribution in [0.5, 0.6) is 0 Å². The second-order valence-electron chi connectivity index (χ2n) is 5.91. The van der Waals surface area contributed by atoms with Gasteiger partial charge in [0.15, 0.2) is 11.1 Å². The van der Waals surface area contributed by atoms with Gasteiger partial charge in [-0.05, 0) is 36.2 Å². The van der Waals surface area contributed by atoms with E-state index in [2.05, 4.69) is 24.5 Å². The molecule has 0 bridgehead atoms. The fraction of sp³-hybridized carbons (Fsp3) is 0.278. The molecule has 0 aliphatic rings. The number of hydrogen-bond acceptors (Lipinski definition) is 2. The lowest BCUT2D eigenvalue weighted by molar-refractivity contribution is 0.564. The predicted octanol–water partition coefficient (Wildman–Crippen LogP) is 3.98. The molecule has 0 saturated heterocycles. The third-order valence-corrected chi connectivity index (χ3v) is 4.62. The van der Waals surface area contributed by atoms with Crippen molar-refractivity contribution < 1.29 is 8.76 Å². The zero-order valence-electron chi connectivity index (χ0n) is 13.3. The minimum Gasteiger partial charge on any atom is -0.327 e. The monoisotopic (exact) mass is 328 g/mol. The maximum absolute atomic E-state index is 11.0. The molecular formula is C18H20N2O2S. The van der Waals surface area contributed by atoms with Gasteiger partial charge in [0.05, 0.1) is 15.9 Å². The smallest absolute Gasteiger partial charge is 0.186 e. The summed E-state index contributed by atoms with van der Waals surface area (Å²) in [4.78, 5) is 5.19. The van der Waals surface area contributed by atoms with Crippen molar-refractivity contribution >= 4 is 22.1 Å². The molecule has 0 amide bonds. The number of aromatic nitrogens is 2. The van der Waals surface area contributed by atoms with Crippen molar-refractivity contribution in [2.75, 3.05) is 0 Å². The highest BCUT2D eigenvalue weighted by Gasteiger charge is 2.13. The van der Waals surface area contributed by atoms with E-state index in [1.165, 1.54) is 0 Å². The fourth-order valence-corrected chi connectivity index (χ4v) is 3.15. The average Bonchev–Trinajstić information content (AvgIpc) is 2.92. The third-order valence-electron chi connectivity index (χ3n) is 3.95. The van der Waals surface area contributed by atoms with Crippen LogP contribution in [0.1, 0.15) is 31.2 Å². The average molecular weight is 328 g/mol. The highest BCUT2D eigenvalue weighted by atomic mass is 32.2. The Balaban J connectivity index is 1.86. The van der Waals surface area contributed by atoms with Crippen molar-refractivity contribution in [1.82, 2.24) is 9.55 Å². The number of hydrogen-bond donors (Lipinski definition) is 1. The Bertz CT molecular complexity index is 838. The summed E-state index contributed by atoms with van der Waals surface area (Å²) in [5.74, 6) is 1.46. The summed E-state index contributed by atoms with van der Waals surface area (Å²) in [7, 11) is 0. The standard InChI is InChI=1S/C18H20N2O2S/c1-13(2)18-19-16-5-3-4-6-17(16)20(18)12-11-14-7-9-15(10-8-14)23(21)22/h3-10,13H,11-12H2,1-2H3,(H,21,22). The maximum Gasteiger partial charge on any atom is 0.186 e. The van der Waals surface area contributed by atoms with Gasteiger partial charge in [-0.2, -0.15) is 0 Å². The quantitative estimate of drug-likeness (QED) is 0.721. The van der Waals surface area contributed by atoms with Crippen molar-refractivity contribution in [2.45, 2.75) is 37.6 Å². The van der Waals surface area contributed by atoms with Crippen LogP contribution >= 0.6 is 0 Å². The first kappa shape index (κ1) is 15.9. The molecule has 1 unspecified atom stereocenters. The minimum absolute atomic E-state index is 0.363. The third kappa shape index (κ3) is 3.35. The highest BCUT2D eigenvalue weighted by Crippen LogP contribution is 2.22. The van der Waals surface area contributed by atoms with E-state index < -0.39 is 11.1 Å². The largest absolute Gasteiger partial charge is 0.327 e. The van der Waals surface area contributed by atoms with Crippen molar-refractivity contribution in [3.8, 4) is 0 Å². The van der Waals surface area contributed by atoms with Crippen LogP contribution in [0.15, 0.2) is 53.4 Å². The molecule has 0 radical (unpaired) electrons. The van der Waals surface area contributed by atoms with E-state index in [9.17, 15) is 4.21 Å². The molecule has 120 valence electrons. The molecule has 2 aromatic carbocycles. The van der Waals surface area contributed by atoms with Gasteiger partial charge in [-0.15, -0.1) is 0 Å². The van der Waals surface area contributed by atoms with Gasteiger partial charge in [-0.3, -0.25) is 0 Å². The van der Waals surface area contributed by atoms with Gasteiger partial charge in [0.2, 0.25) is 0 Å². The SMILES string of the molecule is CC(C)c1nc2ccccc2n1CCc1ccc(S(=O)O)cc1. The molecule has 0 aliphatic heterocycles. The Morgan fingerprint density at radius 2 is 1.83 bits per heavy atom. The van der Waals surface area contributed by atoms with Crippen molar-refractivity contribution in [3.05, 3.63) is 59.9 Å². The molecule has 1 N–H and O–H groups in total. The molecule has 0 saturated carbocycles. The molecule has 0 aliphatic carbocycles. The highest BCUT2D eigenvalue weighted by molar-refractivity contribution is 7.79. The molecule has 3 rings (SSSR count).